The molecule has 168 valence electrons. The van der Waals surface area contributed by atoms with Crippen molar-refractivity contribution in [3.63, 3.8) is 0 Å². The van der Waals surface area contributed by atoms with E-state index in [9.17, 15) is 17.6 Å². The van der Waals surface area contributed by atoms with Gasteiger partial charge in [-0.05, 0) is 61.8 Å². The highest BCUT2D eigenvalue weighted by molar-refractivity contribution is 7.89. The van der Waals surface area contributed by atoms with Crippen molar-refractivity contribution in [2.45, 2.75) is 52.6 Å². The third-order valence-corrected chi connectivity index (χ3v) is 6.23. The Labute approximate surface area is 187 Å². The molecule has 1 aromatic carbocycles. The van der Waals surface area contributed by atoms with Gasteiger partial charge >= 0.3 is 0 Å². The third-order valence-electron chi connectivity index (χ3n) is 5.40. The summed E-state index contributed by atoms with van der Waals surface area (Å²) >= 11 is 5.97. The largest absolute Gasteiger partial charge is 0.474 e. The van der Waals surface area contributed by atoms with E-state index in [0.717, 1.165) is 31.9 Å². The molecule has 1 fully saturated rings. The van der Waals surface area contributed by atoms with Crippen molar-refractivity contribution in [1.29, 1.82) is 0 Å². The first-order valence-electron chi connectivity index (χ1n) is 10.0. The molecule has 1 amide bonds. The summed E-state index contributed by atoms with van der Waals surface area (Å²) in [6, 6.07) is 4.71. The molecule has 2 aromatic rings. The molecular formula is C22H26ClFN2O4S. The Hall–Kier alpha value is -2.19. The van der Waals surface area contributed by atoms with E-state index in [1.807, 2.05) is 4.72 Å². The summed E-state index contributed by atoms with van der Waals surface area (Å²) in [5, 5.41) is -0.278. The van der Waals surface area contributed by atoms with E-state index in [2.05, 4.69) is 18.8 Å². The van der Waals surface area contributed by atoms with Crippen molar-refractivity contribution < 1.29 is 22.3 Å². The lowest BCUT2D eigenvalue weighted by molar-refractivity contribution is 0.0819. The number of pyridine rings is 1. The number of carbonyl (C=O) groups is 1. The molecule has 0 radical (unpaired) electrons. The second-order valence-electron chi connectivity index (χ2n) is 8.80. The zero-order valence-electron chi connectivity index (χ0n) is 18.0. The molecule has 31 heavy (non-hydrogen) atoms. The van der Waals surface area contributed by atoms with Crippen molar-refractivity contribution >= 4 is 27.5 Å². The fraction of sp³-hybridized carbons (Fsp3) is 0.455. The van der Waals surface area contributed by atoms with Crippen LogP contribution in [-0.2, 0) is 10.0 Å². The summed E-state index contributed by atoms with van der Waals surface area (Å²) in [5.41, 5.74) is 0.767. The molecule has 9 heteroatoms. The van der Waals surface area contributed by atoms with Crippen LogP contribution in [0.15, 0.2) is 24.4 Å². The van der Waals surface area contributed by atoms with Crippen LogP contribution in [0.3, 0.4) is 0 Å². The number of nitrogens with one attached hydrogen (secondary N) is 1. The van der Waals surface area contributed by atoms with Gasteiger partial charge < -0.3 is 4.74 Å². The molecule has 1 heterocycles. The summed E-state index contributed by atoms with van der Waals surface area (Å²) in [4.78, 5) is 17.1. The number of sulfonamides is 1. The van der Waals surface area contributed by atoms with Crippen molar-refractivity contribution in [2.75, 3.05) is 6.26 Å². The van der Waals surface area contributed by atoms with Crippen LogP contribution in [0.25, 0.3) is 11.1 Å². The topological polar surface area (TPSA) is 85.4 Å². The standard InChI is InChI=1S/C22H26ClFN2O4S/c1-13-11-16(23)19(24)18(20(27)26-31(4,28)29)17(13)15-8-6-10-25-21(15)30-14-7-5-9-22(2,3)12-14/h6,8,10-11,14H,5,7,9,12H2,1-4H3,(H,26,27)/t14-/m0/s1. The minimum absolute atomic E-state index is 0.0665. The van der Waals surface area contributed by atoms with Gasteiger partial charge in [-0.15, -0.1) is 0 Å². The van der Waals surface area contributed by atoms with Crippen LogP contribution < -0.4 is 9.46 Å². The lowest BCUT2D eigenvalue weighted by atomic mass is 9.76. The molecule has 3 rings (SSSR count). The van der Waals surface area contributed by atoms with E-state index in [-0.39, 0.29) is 28.0 Å². The molecule has 0 aliphatic heterocycles. The number of benzene rings is 1. The van der Waals surface area contributed by atoms with E-state index in [1.165, 1.54) is 6.07 Å². The van der Waals surface area contributed by atoms with Gasteiger partial charge in [0, 0.05) is 17.3 Å². The second-order valence-corrected chi connectivity index (χ2v) is 11.0. The van der Waals surface area contributed by atoms with Gasteiger partial charge in [0.05, 0.1) is 16.8 Å². The minimum atomic E-state index is -3.91. The number of aryl methyl sites for hydroxylation is 1. The molecule has 0 saturated heterocycles. The zero-order valence-corrected chi connectivity index (χ0v) is 19.5. The molecule has 6 nitrogen and oxygen atoms in total. The Balaban J connectivity index is 2.11. The molecule has 1 aliphatic carbocycles. The van der Waals surface area contributed by atoms with E-state index >= 15 is 0 Å². The Morgan fingerprint density at radius 1 is 1.39 bits per heavy atom. The normalized spacial score (nSPS) is 18.5. The summed E-state index contributed by atoms with van der Waals surface area (Å²) in [7, 11) is -3.91. The molecule has 0 spiro atoms. The van der Waals surface area contributed by atoms with Crippen LogP contribution in [0, 0.1) is 18.2 Å². The molecule has 1 atom stereocenters. The Morgan fingerprint density at radius 2 is 2.10 bits per heavy atom. The highest BCUT2D eigenvalue weighted by Gasteiger charge is 2.31. The number of halogens is 2. The maximum atomic E-state index is 15.0. The number of hydrogen-bond donors (Lipinski definition) is 1. The molecule has 1 N–H and O–H groups in total. The predicted molar refractivity (Wildman–Crippen MR) is 118 cm³/mol. The SMILES string of the molecule is Cc1cc(Cl)c(F)c(C(=O)NS(C)(=O)=O)c1-c1cccnc1O[C@H]1CCCC(C)(C)C1. The summed E-state index contributed by atoms with van der Waals surface area (Å²) in [6.07, 6.45) is 6.17. The summed E-state index contributed by atoms with van der Waals surface area (Å²) in [5.74, 6) is -1.84. The van der Waals surface area contributed by atoms with Crippen LogP contribution >= 0.6 is 11.6 Å². The minimum Gasteiger partial charge on any atom is -0.474 e. The van der Waals surface area contributed by atoms with Gasteiger partial charge in [0.2, 0.25) is 15.9 Å². The quantitative estimate of drug-likeness (QED) is 0.675. The van der Waals surface area contributed by atoms with E-state index in [4.69, 9.17) is 16.3 Å². The molecule has 1 saturated carbocycles. The highest BCUT2D eigenvalue weighted by Crippen LogP contribution is 2.40. The Morgan fingerprint density at radius 3 is 2.74 bits per heavy atom. The summed E-state index contributed by atoms with van der Waals surface area (Å²) < 4.78 is 46.3. The van der Waals surface area contributed by atoms with Gasteiger partial charge in [-0.1, -0.05) is 25.4 Å². The number of rotatable bonds is 5. The van der Waals surface area contributed by atoms with Crippen molar-refractivity contribution in [3.05, 3.63) is 46.4 Å². The molecule has 0 bridgehead atoms. The Kier molecular flexibility index (Phi) is 6.62. The second kappa shape index (κ2) is 8.74. The van der Waals surface area contributed by atoms with Crippen LogP contribution in [0.4, 0.5) is 4.39 Å². The van der Waals surface area contributed by atoms with Crippen molar-refractivity contribution in [1.82, 2.24) is 9.71 Å². The predicted octanol–water partition coefficient (Wildman–Crippen LogP) is 4.89. The Bertz CT molecular complexity index is 1120. The number of ether oxygens (including phenoxy) is 1. The maximum Gasteiger partial charge on any atom is 0.268 e. The monoisotopic (exact) mass is 468 g/mol. The van der Waals surface area contributed by atoms with Gasteiger partial charge in [-0.25, -0.2) is 22.5 Å². The number of amides is 1. The van der Waals surface area contributed by atoms with Crippen LogP contribution in [0.5, 0.6) is 5.88 Å². The van der Waals surface area contributed by atoms with Gasteiger partial charge in [0.25, 0.3) is 5.91 Å². The van der Waals surface area contributed by atoms with E-state index in [1.54, 1.807) is 25.3 Å². The number of hydrogen-bond acceptors (Lipinski definition) is 5. The highest BCUT2D eigenvalue weighted by atomic mass is 35.5. The van der Waals surface area contributed by atoms with Crippen LogP contribution in [0.2, 0.25) is 5.02 Å². The third kappa shape index (κ3) is 5.54. The van der Waals surface area contributed by atoms with Gasteiger partial charge in [0.15, 0.2) is 5.82 Å². The fourth-order valence-corrected chi connectivity index (χ4v) is 4.79. The van der Waals surface area contributed by atoms with Gasteiger partial charge in [0.1, 0.15) is 6.10 Å². The lowest BCUT2D eigenvalue weighted by Crippen LogP contribution is -2.31. The average molecular weight is 469 g/mol. The van der Waals surface area contributed by atoms with E-state index in [0.29, 0.717) is 11.1 Å². The van der Waals surface area contributed by atoms with Gasteiger partial charge in [-0.2, -0.15) is 0 Å². The van der Waals surface area contributed by atoms with Crippen LogP contribution in [0.1, 0.15) is 55.5 Å². The number of carbonyl (C=O) groups excluding carboxylic acids is 1. The molecule has 0 unspecified atom stereocenters. The molecular weight excluding hydrogens is 443 g/mol. The van der Waals surface area contributed by atoms with Crippen LogP contribution in [-0.4, -0.2) is 31.7 Å². The first kappa shape index (κ1) is 23.5. The van der Waals surface area contributed by atoms with Crippen molar-refractivity contribution in [3.8, 4) is 17.0 Å². The smallest absolute Gasteiger partial charge is 0.268 e. The first-order chi connectivity index (χ1) is 14.4. The maximum absolute atomic E-state index is 15.0. The summed E-state index contributed by atoms with van der Waals surface area (Å²) in [6.45, 7) is 6.04. The zero-order chi connectivity index (χ0) is 23.0. The van der Waals surface area contributed by atoms with Crippen molar-refractivity contribution in [2.24, 2.45) is 5.41 Å². The average Bonchev–Trinajstić information content (AvgIpc) is 2.63. The molecule has 1 aliphatic rings. The lowest BCUT2D eigenvalue weighted by Gasteiger charge is -2.35. The fourth-order valence-electron chi connectivity index (χ4n) is 4.09. The number of nitrogens with zero attached hydrogens (tertiary/aromatic N) is 1. The van der Waals surface area contributed by atoms with Gasteiger partial charge in [-0.3, -0.25) is 4.79 Å². The first-order valence-corrected chi connectivity index (χ1v) is 12.3. The van der Waals surface area contributed by atoms with E-state index < -0.39 is 27.3 Å². The number of aromatic nitrogens is 1. The molecule has 1 aromatic heterocycles.